The van der Waals surface area contributed by atoms with E-state index in [2.05, 4.69) is 97.8 Å². The van der Waals surface area contributed by atoms with Gasteiger partial charge in [0.05, 0.1) is 5.92 Å². The van der Waals surface area contributed by atoms with E-state index in [0.717, 1.165) is 36.1 Å². The molecule has 3 N–H and O–H groups in total. The molecule has 0 bridgehead atoms. The van der Waals surface area contributed by atoms with Gasteiger partial charge in [0.2, 0.25) is 5.91 Å². The number of carbonyl (C=O) groups is 1. The van der Waals surface area contributed by atoms with Crippen molar-refractivity contribution in [2.75, 3.05) is 13.6 Å². The minimum atomic E-state index is -3.09. The first-order valence-electron chi connectivity index (χ1n) is 15.4. The van der Waals surface area contributed by atoms with Gasteiger partial charge < -0.3 is 15.1 Å². The van der Waals surface area contributed by atoms with E-state index in [-0.39, 0.29) is 22.9 Å². The second-order valence-electron chi connectivity index (χ2n) is 12.9. The van der Waals surface area contributed by atoms with Crippen molar-refractivity contribution in [2.45, 2.75) is 63.6 Å². The predicted molar refractivity (Wildman–Crippen MR) is 176 cm³/mol. The second kappa shape index (κ2) is 11.3. The van der Waals surface area contributed by atoms with Crippen LogP contribution in [-0.2, 0) is 11.2 Å². The highest BCUT2D eigenvalue weighted by Gasteiger charge is 2.49. The Balaban J connectivity index is 1.20. The maximum atomic E-state index is 13.8. The van der Waals surface area contributed by atoms with Crippen molar-refractivity contribution < 1.29 is 9.59 Å². The Kier molecular flexibility index (Phi) is 7.73. The zero-order valence-corrected chi connectivity index (χ0v) is 26.2. The van der Waals surface area contributed by atoms with Gasteiger partial charge in [0.1, 0.15) is 0 Å². The Morgan fingerprint density at radius 2 is 1.71 bits per heavy atom. The van der Waals surface area contributed by atoms with Crippen LogP contribution in [0.3, 0.4) is 0 Å². The zero-order valence-electron chi connectivity index (χ0n) is 25.2. The number of hydrogen-bond acceptors (Lipinski definition) is 3. The highest BCUT2D eigenvalue weighted by molar-refractivity contribution is 6.98. The van der Waals surface area contributed by atoms with Crippen LogP contribution in [0.5, 0.6) is 0 Å². The van der Waals surface area contributed by atoms with Gasteiger partial charge in [-0.1, -0.05) is 99.6 Å². The highest BCUT2D eigenvalue weighted by Crippen LogP contribution is 2.42. The smallest absolute Gasteiger partial charge is 0.258 e. The molecule has 5 nitrogen and oxygen atoms in total. The first-order valence-corrected chi connectivity index (χ1v) is 17.3. The van der Waals surface area contributed by atoms with Crippen molar-refractivity contribution in [2.24, 2.45) is 5.92 Å². The lowest BCUT2D eigenvalue weighted by Crippen LogP contribution is -2.65. The Morgan fingerprint density at radius 1 is 1.05 bits per heavy atom. The molecule has 2 aliphatic rings. The summed E-state index contributed by atoms with van der Waals surface area (Å²) in [5.74, 6) is -0.0953. The molecule has 0 radical (unpaired) electrons. The van der Waals surface area contributed by atoms with Crippen molar-refractivity contribution in [1.29, 1.82) is 0 Å². The number of amides is 1. The summed E-state index contributed by atoms with van der Waals surface area (Å²) in [4.78, 5) is 32.1. The van der Waals surface area contributed by atoms with Crippen LogP contribution in [-0.4, -0.2) is 54.6 Å². The standard InChI is InChI=1S/C36H43N3O2Si/c1-5-27(19-20-36(2,3)42(41,28-13-8-6-9-14-28)29-15-10-7-11-16-29)38-35(40)26-21-31-30-17-12-18-32-34(30)25(23-37-32)22-33(31)39(4)24-26/h6-18,21,23,26-27,33,37,41H,5,19-20,22,24H2,1-4H3,(H,38,40)/t26-,27+,33-/m1/s1. The van der Waals surface area contributed by atoms with Gasteiger partial charge in [-0.05, 0) is 70.9 Å². The lowest BCUT2D eigenvalue weighted by molar-refractivity contribution is -0.125. The fourth-order valence-corrected chi connectivity index (χ4v) is 11.1. The molecule has 6 heteroatoms. The number of aromatic nitrogens is 1. The molecular formula is C36H43N3O2Si. The van der Waals surface area contributed by atoms with Gasteiger partial charge >= 0.3 is 0 Å². The minimum Gasteiger partial charge on any atom is -0.424 e. The molecule has 1 aromatic heterocycles. The first-order chi connectivity index (χ1) is 20.2. The Morgan fingerprint density at radius 3 is 2.36 bits per heavy atom. The average Bonchev–Trinajstić information content (AvgIpc) is 3.44. The fraction of sp³-hybridized carbons (Fsp3) is 0.361. The molecule has 218 valence electrons. The number of nitrogens with one attached hydrogen (secondary N) is 2. The first kappa shape index (κ1) is 28.7. The molecule has 3 aromatic carbocycles. The summed E-state index contributed by atoms with van der Waals surface area (Å²) in [6.07, 6.45) is 7.83. The summed E-state index contributed by atoms with van der Waals surface area (Å²) in [6, 6.07) is 27.2. The summed E-state index contributed by atoms with van der Waals surface area (Å²) in [5, 5.41) is 6.42. The molecule has 0 fully saturated rings. The van der Waals surface area contributed by atoms with Crippen molar-refractivity contribution in [1.82, 2.24) is 15.2 Å². The summed E-state index contributed by atoms with van der Waals surface area (Å²) in [6.45, 7) is 7.26. The maximum Gasteiger partial charge on any atom is 0.258 e. The van der Waals surface area contributed by atoms with Gasteiger partial charge in [-0.2, -0.15) is 0 Å². The van der Waals surface area contributed by atoms with Crippen LogP contribution in [0.1, 0.15) is 51.2 Å². The molecule has 1 aliphatic heterocycles. The van der Waals surface area contributed by atoms with Gasteiger partial charge in [-0.3, -0.25) is 9.69 Å². The highest BCUT2D eigenvalue weighted by atomic mass is 28.4. The molecule has 0 unspecified atom stereocenters. The van der Waals surface area contributed by atoms with Crippen molar-refractivity contribution >= 4 is 41.1 Å². The topological polar surface area (TPSA) is 68.4 Å². The van der Waals surface area contributed by atoms with Gasteiger partial charge in [0.15, 0.2) is 0 Å². The average molecular weight is 578 g/mol. The number of fused-ring (bicyclic) bond motifs is 2. The zero-order chi connectivity index (χ0) is 29.5. The van der Waals surface area contributed by atoms with Crippen LogP contribution in [0, 0.1) is 5.92 Å². The van der Waals surface area contributed by atoms with E-state index in [1.807, 2.05) is 36.4 Å². The van der Waals surface area contributed by atoms with Crippen molar-refractivity contribution in [3.63, 3.8) is 0 Å². The number of H-pyrrole nitrogens is 1. The van der Waals surface area contributed by atoms with E-state index in [1.54, 1.807) is 0 Å². The summed E-state index contributed by atoms with van der Waals surface area (Å²) in [7, 11) is -0.940. The molecule has 1 aliphatic carbocycles. The van der Waals surface area contributed by atoms with E-state index in [0.29, 0.717) is 12.6 Å². The molecule has 0 saturated carbocycles. The third-order valence-electron chi connectivity index (χ3n) is 9.92. The van der Waals surface area contributed by atoms with Crippen molar-refractivity contribution in [3.05, 3.63) is 102 Å². The van der Waals surface area contributed by atoms with Gasteiger partial charge in [0, 0.05) is 35.7 Å². The maximum absolute atomic E-state index is 13.8. The van der Waals surface area contributed by atoms with E-state index in [4.69, 9.17) is 0 Å². The van der Waals surface area contributed by atoms with Crippen LogP contribution < -0.4 is 15.7 Å². The number of likely N-dealkylation sites (N-methyl/N-ethyl adjacent to an activating group) is 1. The molecule has 6 rings (SSSR count). The van der Waals surface area contributed by atoms with E-state index in [9.17, 15) is 9.59 Å². The quantitative estimate of drug-likeness (QED) is 0.238. The Bertz CT molecular complexity index is 1550. The van der Waals surface area contributed by atoms with E-state index < -0.39 is 8.32 Å². The van der Waals surface area contributed by atoms with Crippen molar-refractivity contribution in [3.8, 4) is 0 Å². The van der Waals surface area contributed by atoms with Crippen LogP contribution in [0.4, 0.5) is 0 Å². The van der Waals surface area contributed by atoms with Crippen LogP contribution in [0.15, 0.2) is 91.1 Å². The Hall–Kier alpha value is -3.45. The number of carbonyl (C=O) groups excluding carboxylic acids is 1. The molecular weight excluding hydrogens is 535 g/mol. The third kappa shape index (κ3) is 4.95. The van der Waals surface area contributed by atoms with Crippen LogP contribution in [0.25, 0.3) is 16.5 Å². The largest absolute Gasteiger partial charge is 0.424 e. The predicted octanol–water partition coefficient (Wildman–Crippen LogP) is 5.25. The molecule has 0 spiro atoms. The third-order valence-corrected chi connectivity index (χ3v) is 14.5. The summed E-state index contributed by atoms with van der Waals surface area (Å²) >= 11 is 0. The molecule has 3 atom stereocenters. The van der Waals surface area contributed by atoms with Gasteiger partial charge in [-0.25, -0.2) is 0 Å². The second-order valence-corrected chi connectivity index (χ2v) is 16.8. The van der Waals surface area contributed by atoms with Gasteiger partial charge in [0.25, 0.3) is 8.32 Å². The summed E-state index contributed by atoms with van der Waals surface area (Å²) < 4.78 is 0. The number of nitrogens with zero attached hydrogens (tertiary/aromatic N) is 1. The number of hydrogen-bond donors (Lipinski definition) is 3. The number of aromatic amines is 1. The van der Waals surface area contributed by atoms with E-state index >= 15 is 0 Å². The lowest BCUT2D eigenvalue weighted by Gasteiger charge is -2.42. The normalized spacial score (nSPS) is 19.7. The van der Waals surface area contributed by atoms with Crippen LogP contribution >= 0.6 is 0 Å². The van der Waals surface area contributed by atoms with Crippen LogP contribution in [0.2, 0.25) is 5.04 Å². The lowest BCUT2D eigenvalue weighted by atomic mass is 9.79. The van der Waals surface area contributed by atoms with Gasteiger partial charge in [-0.15, -0.1) is 0 Å². The minimum absolute atomic E-state index is 0.0501. The molecule has 42 heavy (non-hydrogen) atoms. The molecule has 2 heterocycles. The Labute approximate surface area is 250 Å². The monoisotopic (exact) mass is 577 g/mol. The number of benzene rings is 3. The SMILES string of the molecule is CC[C@@H](CCC(C)(C)[Si](O)(c1ccccc1)c1ccccc1)NC(=O)[C@@H]1C=C2c3cccc4[nH]cc(c34)C[C@H]2N(C)C1. The van der Waals surface area contributed by atoms with E-state index in [1.165, 1.54) is 27.6 Å². The molecule has 4 aromatic rings. The molecule has 0 saturated heterocycles. The molecule has 1 amide bonds. The number of rotatable bonds is 9. The summed E-state index contributed by atoms with van der Waals surface area (Å²) in [5.41, 5.74) is 5.06. The fourth-order valence-electron chi connectivity index (χ4n) is 7.32.